The van der Waals surface area contributed by atoms with Crippen molar-refractivity contribution in [3.05, 3.63) is 11.3 Å². The van der Waals surface area contributed by atoms with Gasteiger partial charge < -0.3 is 9.47 Å². The molecule has 0 spiro atoms. The lowest BCUT2D eigenvalue weighted by atomic mass is 9.74. The Balaban J connectivity index is 3.03. The Bertz CT molecular complexity index is 391. The average Bonchev–Trinajstić information content (AvgIpc) is 2.23. The normalized spacial score (nSPS) is 23.3. The SMILES string of the molecule is COC1=C(C)CC(C)(C)C(OC(=O)C(C)C)C1=O. The van der Waals surface area contributed by atoms with Crippen LogP contribution in [0.25, 0.3) is 0 Å². The minimum atomic E-state index is -0.758. The second-order valence-electron chi connectivity index (χ2n) is 5.81. The first-order valence-electron chi connectivity index (χ1n) is 6.19. The van der Waals surface area contributed by atoms with Crippen LogP contribution in [0.15, 0.2) is 11.3 Å². The van der Waals surface area contributed by atoms with Gasteiger partial charge in [-0.05, 0) is 18.9 Å². The van der Waals surface area contributed by atoms with E-state index in [2.05, 4.69) is 0 Å². The molecule has 0 fully saturated rings. The summed E-state index contributed by atoms with van der Waals surface area (Å²) < 4.78 is 10.5. The molecule has 1 aliphatic carbocycles. The molecule has 4 nitrogen and oxygen atoms in total. The molecule has 0 N–H and O–H groups in total. The fraction of sp³-hybridized carbons (Fsp3) is 0.714. The summed E-state index contributed by atoms with van der Waals surface area (Å²) in [6.45, 7) is 9.24. The van der Waals surface area contributed by atoms with Crippen molar-refractivity contribution in [2.45, 2.75) is 47.1 Å². The number of methoxy groups -OCH3 is 1. The third-order valence-electron chi connectivity index (χ3n) is 3.19. The maximum Gasteiger partial charge on any atom is 0.309 e. The van der Waals surface area contributed by atoms with Crippen molar-refractivity contribution >= 4 is 11.8 Å². The first kappa shape index (κ1) is 14.7. The zero-order chi connectivity index (χ0) is 14.1. The lowest BCUT2D eigenvalue weighted by Gasteiger charge is -2.37. The van der Waals surface area contributed by atoms with E-state index in [1.54, 1.807) is 13.8 Å². The molecule has 1 rings (SSSR count). The Labute approximate surface area is 108 Å². The maximum atomic E-state index is 12.3. The van der Waals surface area contributed by atoms with Gasteiger partial charge in [0, 0.05) is 5.41 Å². The molecule has 0 bridgehead atoms. The van der Waals surface area contributed by atoms with E-state index >= 15 is 0 Å². The van der Waals surface area contributed by atoms with E-state index in [-0.39, 0.29) is 17.7 Å². The summed E-state index contributed by atoms with van der Waals surface area (Å²) in [5, 5.41) is 0. The maximum absolute atomic E-state index is 12.3. The second-order valence-corrected chi connectivity index (χ2v) is 5.81. The molecule has 102 valence electrons. The van der Waals surface area contributed by atoms with Gasteiger partial charge in [-0.2, -0.15) is 0 Å². The number of hydrogen-bond acceptors (Lipinski definition) is 4. The van der Waals surface area contributed by atoms with Gasteiger partial charge in [-0.25, -0.2) is 0 Å². The van der Waals surface area contributed by atoms with Gasteiger partial charge in [-0.15, -0.1) is 0 Å². The minimum absolute atomic E-state index is 0.236. The summed E-state index contributed by atoms with van der Waals surface area (Å²) in [4.78, 5) is 24.0. The van der Waals surface area contributed by atoms with Gasteiger partial charge in [0.05, 0.1) is 13.0 Å². The highest BCUT2D eigenvalue weighted by Gasteiger charge is 2.45. The van der Waals surface area contributed by atoms with E-state index in [4.69, 9.17) is 9.47 Å². The van der Waals surface area contributed by atoms with Crippen LogP contribution in [0.2, 0.25) is 0 Å². The van der Waals surface area contributed by atoms with Crippen molar-refractivity contribution < 1.29 is 19.1 Å². The highest BCUT2D eigenvalue weighted by atomic mass is 16.6. The van der Waals surface area contributed by atoms with Crippen LogP contribution in [0, 0.1) is 11.3 Å². The lowest BCUT2D eigenvalue weighted by molar-refractivity contribution is -0.166. The van der Waals surface area contributed by atoms with Gasteiger partial charge in [0.1, 0.15) is 0 Å². The second kappa shape index (κ2) is 5.12. The molecule has 0 amide bonds. The van der Waals surface area contributed by atoms with Gasteiger partial charge in [0.2, 0.25) is 5.78 Å². The highest BCUT2D eigenvalue weighted by Crippen LogP contribution is 2.39. The Hall–Kier alpha value is -1.32. The molecule has 0 saturated heterocycles. The fourth-order valence-corrected chi connectivity index (χ4v) is 2.28. The van der Waals surface area contributed by atoms with Crippen LogP contribution in [0.4, 0.5) is 0 Å². The number of allylic oxidation sites excluding steroid dienone is 1. The largest absolute Gasteiger partial charge is 0.493 e. The van der Waals surface area contributed by atoms with Gasteiger partial charge in [-0.3, -0.25) is 9.59 Å². The molecule has 1 aliphatic rings. The van der Waals surface area contributed by atoms with E-state index in [1.807, 2.05) is 20.8 Å². The number of ether oxygens (including phenoxy) is 2. The summed E-state index contributed by atoms with van der Waals surface area (Å²) in [7, 11) is 1.47. The first-order valence-corrected chi connectivity index (χ1v) is 6.19. The fourth-order valence-electron chi connectivity index (χ4n) is 2.28. The molecule has 0 aliphatic heterocycles. The lowest BCUT2D eigenvalue weighted by Crippen LogP contribution is -2.45. The Morgan fingerprint density at radius 1 is 1.39 bits per heavy atom. The number of Topliss-reactive ketones (excluding diaryl/α,β-unsaturated/α-hetero) is 1. The van der Waals surface area contributed by atoms with Gasteiger partial charge in [0.25, 0.3) is 0 Å². The van der Waals surface area contributed by atoms with E-state index < -0.39 is 11.5 Å². The standard InChI is InChI=1S/C14H22O4/c1-8(2)13(16)18-12-10(15)11(17-6)9(3)7-14(12,4)5/h8,12H,7H2,1-6H3. The molecule has 0 saturated carbocycles. The summed E-state index contributed by atoms with van der Waals surface area (Å²) in [6.07, 6.45) is -0.0798. The molecule has 0 radical (unpaired) electrons. The highest BCUT2D eigenvalue weighted by molar-refractivity contribution is 6.00. The molecule has 0 aromatic heterocycles. The van der Waals surface area contributed by atoms with Crippen LogP contribution in [-0.2, 0) is 19.1 Å². The number of ketones is 1. The third-order valence-corrected chi connectivity index (χ3v) is 3.19. The number of carbonyl (C=O) groups is 2. The van der Waals surface area contributed by atoms with Crippen molar-refractivity contribution in [3.8, 4) is 0 Å². The predicted molar refractivity (Wildman–Crippen MR) is 67.8 cm³/mol. The Kier molecular flexibility index (Phi) is 4.20. The summed E-state index contributed by atoms with van der Waals surface area (Å²) >= 11 is 0. The van der Waals surface area contributed by atoms with Crippen molar-refractivity contribution in [1.29, 1.82) is 0 Å². The summed E-state index contributed by atoms with van der Waals surface area (Å²) in [5.74, 6) is -0.501. The van der Waals surface area contributed by atoms with Crippen LogP contribution >= 0.6 is 0 Å². The van der Waals surface area contributed by atoms with Crippen LogP contribution in [0.3, 0.4) is 0 Å². The van der Waals surface area contributed by atoms with Crippen LogP contribution < -0.4 is 0 Å². The number of rotatable bonds is 3. The quantitative estimate of drug-likeness (QED) is 0.726. The zero-order valence-electron chi connectivity index (χ0n) is 12.0. The van der Waals surface area contributed by atoms with Crippen molar-refractivity contribution in [2.75, 3.05) is 7.11 Å². The van der Waals surface area contributed by atoms with Crippen molar-refractivity contribution in [1.82, 2.24) is 0 Å². The van der Waals surface area contributed by atoms with E-state index in [0.29, 0.717) is 12.2 Å². The Morgan fingerprint density at radius 2 is 1.94 bits per heavy atom. The zero-order valence-corrected chi connectivity index (χ0v) is 12.0. The third kappa shape index (κ3) is 2.74. The monoisotopic (exact) mass is 254 g/mol. The van der Waals surface area contributed by atoms with Crippen molar-refractivity contribution in [3.63, 3.8) is 0 Å². The van der Waals surface area contributed by atoms with Crippen molar-refractivity contribution in [2.24, 2.45) is 11.3 Å². The van der Waals surface area contributed by atoms with Crippen LogP contribution in [-0.4, -0.2) is 25.0 Å². The average molecular weight is 254 g/mol. The number of esters is 1. The first-order chi connectivity index (χ1) is 8.20. The van der Waals surface area contributed by atoms with Gasteiger partial charge in [0.15, 0.2) is 11.9 Å². The van der Waals surface area contributed by atoms with E-state index in [0.717, 1.165) is 5.57 Å². The topological polar surface area (TPSA) is 52.6 Å². The smallest absolute Gasteiger partial charge is 0.309 e. The number of hydrogen-bond donors (Lipinski definition) is 0. The summed E-state index contributed by atoms with van der Waals surface area (Å²) in [5.41, 5.74) is 0.512. The predicted octanol–water partition coefficient (Wildman–Crippen LogP) is 2.47. The molecule has 0 heterocycles. The van der Waals surface area contributed by atoms with Gasteiger partial charge >= 0.3 is 5.97 Å². The molecule has 18 heavy (non-hydrogen) atoms. The van der Waals surface area contributed by atoms with Gasteiger partial charge in [-0.1, -0.05) is 27.7 Å². The molecule has 0 aromatic carbocycles. The molecule has 4 heteroatoms. The molecular weight excluding hydrogens is 232 g/mol. The van der Waals surface area contributed by atoms with E-state index in [1.165, 1.54) is 7.11 Å². The number of carbonyl (C=O) groups excluding carboxylic acids is 2. The minimum Gasteiger partial charge on any atom is -0.493 e. The van der Waals surface area contributed by atoms with Crippen LogP contribution in [0.1, 0.15) is 41.0 Å². The molecule has 1 atom stereocenters. The summed E-state index contributed by atoms with van der Waals surface area (Å²) in [6, 6.07) is 0. The van der Waals surface area contributed by atoms with E-state index in [9.17, 15) is 9.59 Å². The van der Waals surface area contributed by atoms with Crippen LogP contribution in [0.5, 0.6) is 0 Å². The molecular formula is C14H22O4. The Morgan fingerprint density at radius 3 is 2.39 bits per heavy atom. The molecule has 1 unspecified atom stereocenters. The molecule has 0 aromatic rings.